The van der Waals surface area contributed by atoms with Crippen LogP contribution in [0.3, 0.4) is 0 Å². The predicted molar refractivity (Wildman–Crippen MR) is 32.1 cm³/mol. The number of rotatable bonds is 1. The van der Waals surface area contributed by atoms with Gasteiger partial charge in [0.05, 0.1) is 0 Å². The van der Waals surface area contributed by atoms with Crippen molar-refractivity contribution in [2.45, 2.75) is 0 Å². The Morgan fingerprint density at radius 1 is 1.70 bits per heavy atom. The Hall–Kier alpha value is -1.46. The third-order valence-corrected chi connectivity index (χ3v) is 0.776. The van der Waals surface area contributed by atoms with Crippen LogP contribution in [0.4, 0.5) is 15.0 Å². The van der Waals surface area contributed by atoms with Gasteiger partial charge >= 0.3 is 5.69 Å². The van der Waals surface area contributed by atoms with E-state index in [4.69, 9.17) is 0 Å². The Bertz CT molecular complexity index is 248. The van der Waals surface area contributed by atoms with Crippen molar-refractivity contribution in [1.29, 1.82) is 0 Å². The van der Waals surface area contributed by atoms with Crippen LogP contribution in [0.5, 0.6) is 0 Å². The standard InChI is InChI=1S/C4H4FN3O.FH/c5-8-3-1-2-6-4(9)7-3;/h1-2H,(H2,6,7,8,9);1H. The quantitative estimate of drug-likeness (QED) is 0.561. The van der Waals surface area contributed by atoms with Gasteiger partial charge in [-0.25, -0.2) is 15.3 Å². The SMILES string of the molecule is F.O=c1nccc(NF)[nH]1. The van der Waals surface area contributed by atoms with Crippen molar-refractivity contribution in [3.63, 3.8) is 0 Å². The summed E-state index contributed by atoms with van der Waals surface area (Å²) in [6.45, 7) is 0. The van der Waals surface area contributed by atoms with Crippen LogP contribution in [0.2, 0.25) is 0 Å². The van der Waals surface area contributed by atoms with E-state index in [1.54, 1.807) is 0 Å². The van der Waals surface area contributed by atoms with Gasteiger partial charge in [-0.3, -0.25) is 9.69 Å². The number of aromatic nitrogens is 2. The van der Waals surface area contributed by atoms with E-state index >= 15 is 0 Å². The highest BCUT2D eigenvalue weighted by molar-refractivity contribution is 5.27. The lowest BCUT2D eigenvalue weighted by Crippen LogP contribution is -2.09. The van der Waals surface area contributed by atoms with E-state index in [1.165, 1.54) is 17.8 Å². The first kappa shape index (κ1) is 8.54. The molecule has 0 saturated carbocycles. The lowest BCUT2D eigenvalue weighted by atomic mass is 10.6. The normalized spacial score (nSPS) is 8.10. The second-order valence-electron chi connectivity index (χ2n) is 1.38. The number of nitrogens with one attached hydrogen (secondary N) is 2. The van der Waals surface area contributed by atoms with Crippen molar-refractivity contribution < 1.29 is 9.19 Å². The molecular weight excluding hydrogens is 144 g/mol. The minimum absolute atomic E-state index is 0. The molecule has 56 valence electrons. The molecule has 0 atom stereocenters. The average molecular weight is 149 g/mol. The predicted octanol–water partition coefficient (Wildman–Crippen LogP) is 0.219. The van der Waals surface area contributed by atoms with Crippen LogP contribution in [-0.2, 0) is 0 Å². The molecule has 1 heterocycles. The number of hydrogen-bond donors (Lipinski definition) is 2. The minimum atomic E-state index is -0.572. The van der Waals surface area contributed by atoms with Crippen LogP contribution >= 0.6 is 0 Å². The second-order valence-corrected chi connectivity index (χ2v) is 1.38. The number of anilines is 1. The summed E-state index contributed by atoms with van der Waals surface area (Å²) in [6, 6.07) is 1.31. The molecule has 0 fully saturated rings. The molecule has 2 N–H and O–H groups in total. The van der Waals surface area contributed by atoms with E-state index in [0.717, 1.165) is 0 Å². The van der Waals surface area contributed by atoms with Gasteiger partial charge < -0.3 is 0 Å². The highest BCUT2D eigenvalue weighted by atomic mass is 19.2. The van der Waals surface area contributed by atoms with Crippen LogP contribution < -0.4 is 11.2 Å². The number of halogens is 2. The molecule has 1 aromatic rings. The molecule has 0 spiro atoms. The number of nitrogens with zero attached hydrogens (tertiary/aromatic N) is 1. The van der Waals surface area contributed by atoms with Crippen LogP contribution in [0.1, 0.15) is 0 Å². The molecule has 0 bridgehead atoms. The van der Waals surface area contributed by atoms with E-state index in [2.05, 4.69) is 9.97 Å². The summed E-state index contributed by atoms with van der Waals surface area (Å²) < 4.78 is 11.5. The van der Waals surface area contributed by atoms with Crippen molar-refractivity contribution in [3.05, 3.63) is 22.7 Å². The van der Waals surface area contributed by atoms with Gasteiger partial charge in [-0.15, -0.1) is 4.48 Å². The Morgan fingerprint density at radius 2 is 2.40 bits per heavy atom. The highest BCUT2D eigenvalue weighted by Gasteiger charge is 1.87. The first-order valence-electron chi connectivity index (χ1n) is 2.25. The zero-order valence-corrected chi connectivity index (χ0v) is 4.80. The topological polar surface area (TPSA) is 57.8 Å². The first-order chi connectivity index (χ1) is 4.33. The van der Waals surface area contributed by atoms with Crippen molar-refractivity contribution in [2.24, 2.45) is 0 Å². The average Bonchev–Trinajstić information content (AvgIpc) is 1.88. The van der Waals surface area contributed by atoms with Gasteiger partial charge in [0, 0.05) is 6.20 Å². The molecule has 0 amide bonds. The Kier molecular flexibility index (Phi) is 3.03. The summed E-state index contributed by atoms with van der Waals surface area (Å²) in [4.78, 5) is 15.6. The Labute approximate surface area is 54.4 Å². The summed E-state index contributed by atoms with van der Waals surface area (Å²) in [5.74, 6) is 0.00926. The van der Waals surface area contributed by atoms with Gasteiger partial charge in [-0.05, 0) is 6.07 Å². The molecule has 1 aromatic heterocycles. The van der Waals surface area contributed by atoms with Crippen molar-refractivity contribution >= 4 is 5.82 Å². The molecular formula is C4H5F2N3O. The monoisotopic (exact) mass is 149 g/mol. The fraction of sp³-hybridized carbons (Fsp3) is 0. The summed E-state index contributed by atoms with van der Waals surface area (Å²) in [6.07, 6.45) is 1.21. The first-order valence-corrected chi connectivity index (χ1v) is 2.25. The van der Waals surface area contributed by atoms with E-state index < -0.39 is 5.69 Å². The molecule has 0 aromatic carbocycles. The summed E-state index contributed by atoms with van der Waals surface area (Å²) in [7, 11) is 0. The molecule has 0 saturated heterocycles. The zero-order chi connectivity index (χ0) is 6.69. The summed E-state index contributed by atoms with van der Waals surface area (Å²) in [5.41, 5.74) is 0.701. The third kappa shape index (κ3) is 1.81. The molecule has 0 unspecified atom stereocenters. The fourth-order valence-electron chi connectivity index (χ4n) is 0.424. The maximum Gasteiger partial charge on any atom is 0.346 e. The van der Waals surface area contributed by atoms with Gasteiger partial charge in [0.15, 0.2) is 0 Å². The van der Waals surface area contributed by atoms with E-state index in [1.807, 2.05) is 0 Å². The van der Waals surface area contributed by atoms with Gasteiger partial charge in [0.2, 0.25) is 0 Å². The van der Waals surface area contributed by atoms with Gasteiger partial charge in [-0.1, -0.05) is 0 Å². The summed E-state index contributed by atoms with van der Waals surface area (Å²) >= 11 is 0. The van der Waals surface area contributed by atoms with E-state index in [-0.39, 0.29) is 10.5 Å². The van der Waals surface area contributed by atoms with Crippen LogP contribution in [0.15, 0.2) is 17.1 Å². The van der Waals surface area contributed by atoms with Crippen LogP contribution in [-0.4, -0.2) is 9.97 Å². The smallest absolute Gasteiger partial charge is 0.290 e. The van der Waals surface area contributed by atoms with Crippen LogP contribution in [0, 0.1) is 0 Å². The van der Waals surface area contributed by atoms with Crippen molar-refractivity contribution in [3.8, 4) is 0 Å². The van der Waals surface area contributed by atoms with Gasteiger partial charge in [-0.2, -0.15) is 0 Å². The third-order valence-electron chi connectivity index (χ3n) is 0.776. The largest absolute Gasteiger partial charge is 0.346 e. The number of aromatic amines is 1. The fourth-order valence-corrected chi connectivity index (χ4v) is 0.424. The lowest BCUT2D eigenvalue weighted by molar-refractivity contribution is 0.610. The molecule has 1 rings (SSSR count). The molecule has 0 aliphatic heterocycles. The Morgan fingerprint density at radius 3 is 2.80 bits per heavy atom. The molecule has 0 aliphatic carbocycles. The van der Waals surface area contributed by atoms with Gasteiger partial charge in [0.1, 0.15) is 5.82 Å². The molecule has 0 radical (unpaired) electrons. The number of hydrogen-bond acceptors (Lipinski definition) is 3. The highest BCUT2D eigenvalue weighted by Crippen LogP contribution is 1.93. The van der Waals surface area contributed by atoms with Crippen LogP contribution in [0.25, 0.3) is 0 Å². The van der Waals surface area contributed by atoms with Gasteiger partial charge in [0.25, 0.3) is 0 Å². The van der Waals surface area contributed by atoms with Crippen molar-refractivity contribution in [2.75, 3.05) is 5.54 Å². The molecule has 6 heteroatoms. The zero-order valence-electron chi connectivity index (χ0n) is 4.80. The van der Waals surface area contributed by atoms with Crippen molar-refractivity contribution in [1.82, 2.24) is 9.97 Å². The number of H-pyrrole nitrogens is 1. The van der Waals surface area contributed by atoms with E-state index in [0.29, 0.717) is 0 Å². The minimum Gasteiger partial charge on any atom is -0.290 e. The molecule has 0 aliphatic rings. The Balaban J connectivity index is 0.000000810. The van der Waals surface area contributed by atoms with E-state index in [9.17, 15) is 9.28 Å². The summed E-state index contributed by atoms with van der Waals surface area (Å²) in [5, 5.41) is 0. The molecule has 4 nitrogen and oxygen atoms in total. The molecule has 10 heavy (non-hydrogen) atoms. The maximum absolute atomic E-state index is 11.5. The maximum atomic E-state index is 11.5. The lowest BCUT2D eigenvalue weighted by Gasteiger charge is -1.90. The second kappa shape index (κ2) is 3.54.